The maximum Gasteiger partial charge on any atom is 0.153 e. The third-order valence-corrected chi connectivity index (χ3v) is 10.1. The maximum atomic E-state index is 15.8. The van der Waals surface area contributed by atoms with Crippen molar-refractivity contribution < 1.29 is 32.6 Å². The molecule has 0 radical (unpaired) electrons. The summed E-state index contributed by atoms with van der Waals surface area (Å²) in [6, 6.07) is 21.1. The first-order chi connectivity index (χ1) is 26.7. The number of aliphatic hydroxyl groups excluding tert-OH is 2. The van der Waals surface area contributed by atoms with Crippen LogP contribution in [0.4, 0.5) is 17.6 Å². The summed E-state index contributed by atoms with van der Waals surface area (Å²) in [5.41, 5.74) is 4.74. The zero-order valence-corrected chi connectivity index (χ0v) is 31.4. The predicted molar refractivity (Wildman–Crippen MR) is 212 cm³/mol. The van der Waals surface area contributed by atoms with Crippen LogP contribution in [-0.4, -0.2) is 62.9 Å². The molecule has 288 valence electrons. The van der Waals surface area contributed by atoms with E-state index in [0.29, 0.717) is 66.6 Å². The number of fused-ring (bicyclic) bond motifs is 2. The van der Waals surface area contributed by atoms with Gasteiger partial charge in [-0.3, -0.25) is 14.8 Å². The molecule has 4 aromatic carbocycles. The number of aryl methyl sites for hydroxylation is 2. The minimum Gasteiger partial charge on any atom is -0.393 e. The number of halogens is 4. The molecule has 2 heterocycles. The summed E-state index contributed by atoms with van der Waals surface area (Å²) < 4.78 is 60.1. The highest BCUT2D eigenvalue weighted by molar-refractivity contribution is 6.08. The van der Waals surface area contributed by atoms with E-state index in [1.165, 1.54) is 48.5 Å². The molecule has 11 heteroatoms. The predicted octanol–water partition coefficient (Wildman–Crippen LogP) is 9.67. The van der Waals surface area contributed by atoms with Crippen molar-refractivity contribution in [3.8, 4) is 22.3 Å². The van der Waals surface area contributed by atoms with Crippen molar-refractivity contribution in [3.05, 3.63) is 130 Å². The molecule has 6 aromatic rings. The summed E-state index contributed by atoms with van der Waals surface area (Å²) in [6.45, 7) is 3.92. The van der Waals surface area contributed by atoms with Gasteiger partial charge in [0.25, 0.3) is 0 Å². The van der Waals surface area contributed by atoms with E-state index in [1.54, 1.807) is 64.1 Å². The second-order valence-electron chi connectivity index (χ2n) is 14.3. The quantitative estimate of drug-likeness (QED) is 0.0649. The van der Waals surface area contributed by atoms with Gasteiger partial charge in [0.15, 0.2) is 5.78 Å². The normalized spacial score (nSPS) is 13.8. The first-order valence-corrected chi connectivity index (χ1v) is 18.3. The molecule has 7 nitrogen and oxygen atoms in total. The molecular formula is C45H42F4N4O3. The fraction of sp³-hybridized carbons (Fsp3) is 0.267. The van der Waals surface area contributed by atoms with Crippen LogP contribution in [0, 0.1) is 36.3 Å². The SMILES string of the molecule is Cc1nc2ccc(C(=N)CC(C)O)cc2c(-c2ccc(F)cc2)c1C(CF)C(=O)C(CF)c1c(C)nc2ccc(C(=N)CC(C)O)cc2c1-c1ccc(F)cc1. The average molecular weight is 763 g/mol. The van der Waals surface area contributed by atoms with Gasteiger partial charge in [0.1, 0.15) is 25.0 Å². The highest BCUT2D eigenvalue weighted by atomic mass is 19.1. The molecule has 0 aliphatic rings. The zero-order chi connectivity index (χ0) is 40.4. The van der Waals surface area contributed by atoms with Gasteiger partial charge >= 0.3 is 0 Å². The van der Waals surface area contributed by atoms with Gasteiger partial charge in [-0.15, -0.1) is 0 Å². The lowest BCUT2D eigenvalue weighted by Gasteiger charge is -2.27. The monoisotopic (exact) mass is 762 g/mol. The number of rotatable bonds is 14. The van der Waals surface area contributed by atoms with Crippen LogP contribution in [0.5, 0.6) is 0 Å². The van der Waals surface area contributed by atoms with E-state index in [0.717, 1.165) is 0 Å². The fourth-order valence-corrected chi connectivity index (χ4v) is 7.54. The van der Waals surface area contributed by atoms with Crippen molar-refractivity contribution in [2.24, 2.45) is 0 Å². The Labute approximate surface area is 322 Å². The maximum absolute atomic E-state index is 15.8. The number of ketones is 1. The third kappa shape index (κ3) is 8.01. The summed E-state index contributed by atoms with van der Waals surface area (Å²) in [5, 5.41) is 38.1. The first-order valence-electron chi connectivity index (χ1n) is 18.3. The van der Waals surface area contributed by atoms with Crippen LogP contribution in [-0.2, 0) is 4.79 Å². The Morgan fingerprint density at radius 2 is 0.982 bits per heavy atom. The van der Waals surface area contributed by atoms with Crippen LogP contribution in [0.25, 0.3) is 44.1 Å². The van der Waals surface area contributed by atoms with Gasteiger partial charge in [0.05, 0.1) is 35.1 Å². The van der Waals surface area contributed by atoms with Gasteiger partial charge in [0, 0.05) is 46.4 Å². The van der Waals surface area contributed by atoms with Gasteiger partial charge in [0.2, 0.25) is 0 Å². The molecule has 0 bridgehead atoms. The van der Waals surface area contributed by atoms with Crippen molar-refractivity contribution in [1.82, 2.24) is 9.97 Å². The van der Waals surface area contributed by atoms with Crippen molar-refractivity contribution in [2.45, 2.75) is 64.6 Å². The number of nitrogens with one attached hydrogen (secondary N) is 2. The fourth-order valence-electron chi connectivity index (χ4n) is 7.54. The van der Waals surface area contributed by atoms with E-state index in [4.69, 9.17) is 20.8 Å². The molecule has 4 atom stereocenters. The van der Waals surface area contributed by atoms with Crippen molar-refractivity contribution in [2.75, 3.05) is 13.3 Å². The number of nitrogens with zero attached hydrogens (tertiary/aromatic N) is 2. The van der Waals surface area contributed by atoms with Crippen LogP contribution in [0.15, 0.2) is 84.9 Å². The Bertz CT molecular complexity index is 2300. The minimum atomic E-state index is -1.56. The van der Waals surface area contributed by atoms with E-state index in [2.05, 4.69) is 0 Å². The lowest BCUT2D eigenvalue weighted by Crippen LogP contribution is -2.27. The number of pyridine rings is 2. The topological polar surface area (TPSA) is 131 Å². The van der Waals surface area contributed by atoms with E-state index in [9.17, 15) is 23.8 Å². The van der Waals surface area contributed by atoms with Crippen LogP contribution in [0.2, 0.25) is 0 Å². The van der Waals surface area contributed by atoms with Gasteiger partial charge in [-0.2, -0.15) is 0 Å². The molecule has 0 spiro atoms. The molecule has 0 amide bonds. The smallest absolute Gasteiger partial charge is 0.153 e. The Morgan fingerprint density at radius 3 is 1.30 bits per heavy atom. The Morgan fingerprint density at radius 1 is 0.625 bits per heavy atom. The molecule has 0 saturated carbocycles. The van der Waals surface area contributed by atoms with Gasteiger partial charge in [-0.05, 0) is 121 Å². The number of carbonyl (C=O) groups excluding carboxylic acids is 1. The number of Topliss-reactive ketones (excluding diaryl/α,β-unsaturated/α-hetero) is 1. The summed E-state index contributed by atoms with van der Waals surface area (Å²) in [4.78, 5) is 24.4. The van der Waals surface area contributed by atoms with Gasteiger partial charge in [-0.25, -0.2) is 17.6 Å². The molecular weight excluding hydrogens is 721 g/mol. The number of aromatic nitrogens is 2. The summed E-state index contributed by atoms with van der Waals surface area (Å²) in [7, 11) is 0. The third-order valence-electron chi connectivity index (χ3n) is 10.1. The van der Waals surface area contributed by atoms with Crippen LogP contribution < -0.4 is 0 Å². The molecule has 4 N–H and O–H groups in total. The minimum absolute atomic E-state index is 0.0615. The molecule has 6 rings (SSSR count). The van der Waals surface area contributed by atoms with Crippen LogP contribution in [0.3, 0.4) is 0 Å². The van der Waals surface area contributed by atoms with E-state index >= 15 is 8.78 Å². The number of alkyl halides is 2. The molecule has 0 aliphatic heterocycles. The Kier molecular flexibility index (Phi) is 11.9. The Balaban J connectivity index is 1.60. The van der Waals surface area contributed by atoms with Gasteiger partial charge < -0.3 is 21.0 Å². The highest BCUT2D eigenvalue weighted by Gasteiger charge is 2.36. The highest BCUT2D eigenvalue weighted by Crippen LogP contribution is 2.44. The molecule has 0 saturated heterocycles. The first kappa shape index (κ1) is 40.0. The largest absolute Gasteiger partial charge is 0.393 e. The van der Waals surface area contributed by atoms with Crippen molar-refractivity contribution in [3.63, 3.8) is 0 Å². The van der Waals surface area contributed by atoms with Crippen molar-refractivity contribution in [1.29, 1.82) is 10.8 Å². The summed E-state index contributed by atoms with van der Waals surface area (Å²) in [6.07, 6.45) is -1.45. The Hall–Kier alpha value is -5.65. The second kappa shape index (κ2) is 16.6. The van der Waals surface area contributed by atoms with Gasteiger partial charge in [-0.1, -0.05) is 36.4 Å². The standard InChI is InChI=1S/C45H42F4N4O3/c1-23(54)17-37(50)29-9-15-39-33(19-29)43(27-5-11-31(48)12-6-27)41(25(3)52-39)35(21-46)45(56)36(22-47)42-26(4)53-40-16-10-30(38(51)18-24(2)55)20-34(40)44(42)28-7-13-32(49)14-8-28/h5-16,19-20,23-24,35-36,50-51,54-55H,17-18,21-22H2,1-4H3. The van der Waals surface area contributed by atoms with E-state index in [1.807, 2.05) is 0 Å². The summed E-state index contributed by atoms with van der Waals surface area (Å²) >= 11 is 0. The lowest BCUT2D eigenvalue weighted by molar-refractivity contribution is -0.122. The average Bonchev–Trinajstić information content (AvgIpc) is 3.15. The lowest BCUT2D eigenvalue weighted by atomic mass is 9.77. The number of hydrogen-bond donors (Lipinski definition) is 4. The molecule has 56 heavy (non-hydrogen) atoms. The number of benzene rings is 4. The number of hydrogen-bond acceptors (Lipinski definition) is 7. The molecule has 2 aromatic heterocycles. The van der Waals surface area contributed by atoms with E-state index in [-0.39, 0.29) is 35.4 Å². The molecule has 0 aliphatic carbocycles. The van der Waals surface area contributed by atoms with Crippen molar-refractivity contribution >= 4 is 39.0 Å². The van der Waals surface area contributed by atoms with Crippen LogP contribution in [0.1, 0.15) is 72.2 Å². The summed E-state index contributed by atoms with van der Waals surface area (Å²) in [5.74, 6) is -4.95. The van der Waals surface area contributed by atoms with E-state index < -0.39 is 54.8 Å². The number of aliphatic hydroxyl groups is 2. The molecule has 4 unspecified atom stereocenters. The number of carbonyl (C=O) groups is 1. The van der Waals surface area contributed by atoms with Crippen LogP contribution >= 0.6 is 0 Å². The zero-order valence-electron chi connectivity index (χ0n) is 31.4. The molecule has 0 fully saturated rings. The second-order valence-corrected chi connectivity index (χ2v) is 14.3.